The lowest BCUT2D eigenvalue weighted by molar-refractivity contribution is 0.606. The van der Waals surface area contributed by atoms with Gasteiger partial charge in [-0.2, -0.15) is 0 Å². The van der Waals surface area contributed by atoms with Gasteiger partial charge in [-0.15, -0.1) is 0 Å². The fourth-order valence-corrected chi connectivity index (χ4v) is 2.57. The summed E-state index contributed by atoms with van der Waals surface area (Å²) in [6, 6.07) is 11.5. The minimum atomic E-state index is -0.258. The summed E-state index contributed by atoms with van der Waals surface area (Å²) < 4.78 is 26.6. The van der Waals surface area contributed by atoms with Crippen LogP contribution in [-0.2, 0) is 6.42 Å². The van der Waals surface area contributed by atoms with Crippen molar-refractivity contribution in [2.75, 3.05) is 0 Å². The topological polar surface area (TPSA) is 0 Å². The monoisotopic (exact) mass is 310 g/mol. The maximum absolute atomic E-state index is 13.8. The van der Waals surface area contributed by atoms with Crippen LogP contribution in [-0.4, -0.2) is 0 Å². The summed E-state index contributed by atoms with van der Waals surface area (Å²) in [5, 5.41) is 0. The van der Waals surface area contributed by atoms with E-state index in [2.05, 4.69) is 15.9 Å². The Morgan fingerprint density at radius 1 is 1.06 bits per heavy atom. The number of aryl methyl sites for hydroxylation is 1. The molecule has 0 aliphatic rings. The molecule has 2 rings (SSSR count). The summed E-state index contributed by atoms with van der Waals surface area (Å²) in [5.74, 6) is -0.467. The second-order valence-electron chi connectivity index (χ2n) is 4.32. The van der Waals surface area contributed by atoms with Crippen LogP contribution in [0.1, 0.15) is 21.5 Å². The first kappa shape index (κ1) is 13.2. The molecule has 0 spiro atoms. The van der Waals surface area contributed by atoms with Crippen molar-refractivity contribution in [1.29, 1.82) is 0 Å². The molecule has 0 aliphatic carbocycles. The summed E-state index contributed by atoms with van der Waals surface area (Å²) in [5.41, 5.74) is 2.50. The highest BCUT2D eigenvalue weighted by Gasteiger charge is 2.13. The molecule has 0 nitrogen and oxygen atoms in total. The lowest BCUT2D eigenvalue weighted by Crippen LogP contribution is -1.99. The van der Waals surface area contributed by atoms with E-state index in [0.717, 1.165) is 11.1 Å². The van der Waals surface area contributed by atoms with Crippen molar-refractivity contribution in [3.8, 4) is 0 Å². The van der Waals surface area contributed by atoms with Gasteiger partial charge in [-0.1, -0.05) is 40.2 Å². The van der Waals surface area contributed by atoms with Crippen LogP contribution < -0.4 is 0 Å². The Balaban J connectivity index is 2.16. The van der Waals surface area contributed by atoms with Crippen LogP contribution in [0.2, 0.25) is 0 Å². The zero-order chi connectivity index (χ0) is 13.1. The Hall–Kier alpha value is -1.22. The molecule has 0 saturated heterocycles. The first-order valence-corrected chi connectivity index (χ1v) is 6.62. The number of hydrogen-bond donors (Lipinski definition) is 0. The zero-order valence-corrected chi connectivity index (χ0v) is 11.5. The molecule has 0 radical (unpaired) electrons. The van der Waals surface area contributed by atoms with Gasteiger partial charge in [-0.3, -0.25) is 0 Å². The second kappa shape index (κ2) is 5.61. The molecule has 0 bridgehead atoms. The van der Waals surface area contributed by atoms with E-state index in [9.17, 15) is 8.78 Å². The van der Waals surface area contributed by atoms with Crippen molar-refractivity contribution in [3.63, 3.8) is 0 Å². The van der Waals surface area contributed by atoms with Crippen LogP contribution in [0, 0.1) is 18.6 Å². The molecule has 1 atom stereocenters. The van der Waals surface area contributed by atoms with E-state index >= 15 is 0 Å². The van der Waals surface area contributed by atoms with Gasteiger partial charge in [0, 0.05) is 10.4 Å². The Kier molecular flexibility index (Phi) is 4.12. The predicted octanol–water partition coefficient (Wildman–Crippen LogP) is 4.95. The van der Waals surface area contributed by atoms with Gasteiger partial charge < -0.3 is 0 Å². The molecule has 0 fully saturated rings. The molecule has 94 valence electrons. The van der Waals surface area contributed by atoms with Gasteiger partial charge in [0.05, 0.1) is 0 Å². The number of halogens is 3. The van der Waals surface area contributed by atoms with Crippen molar-refractivity contribution in [2.45, 2.75) is 18.2 Å². The highest BCUT2D eigenvalue weighted by atomic mass is 79.9. The fraction of sp³-hybridized carbons (Fsp3) is 0.200. The van der Waals surface area contributed by atoms with Crippen LogP contribution in [0.25, 0.3) is 0 Å². The Bertz CT molecular complexity index is 535. The van der Waals surface area contributed by atoms with Crippen molar-refractivity contribution in [2.24, 2.45) is 0 Å². The van der Waals surface area contributed by atoms with Gasteiger partial charge in [-0.05, 0) is 42.7 Å². The lowest BCUT2D eigenvalue weighted by Gasteiger charge is -2.12. The van der Waals surface area contributed by atoms with E-state index in [-0.39, 0.29) is 16.5 Å². The van der Waals surface area contributed by atoms with E-state index in [4.69, 9.17) is 0 Å². The minimum absolute atomic E-state index is 0.108. The third-order valence-electron chi connectivity index (χ3n) is 2.82. The number of alkyl halides is 1. The van der Waals surface area contributed by atoms with Gasteiger partial charge >= 0.3 is 0 Å². The third-order valence-corrected chi connectivity index (χ3v) is 3.64. The molecule has 1 unspecified atom stereocenters. The molecule has 0 aromatic heterocycles. The van der Waals surface area contributed by atoms with E-state index < -0.39 is 0 Å². The Labute approximate surface area is 114 Å². The van der Waals surface area contributed by atoms with Crippen LogP contribution >= 0.6 is 15.9 Å². The average molecular weight is 311 g/mol. The van der Waals surface area contributed by atoms with Crippen molar-refractivity contribution >= 4 is 15.9 Å². The molecule has 0 heterocycles. The number of rotatable bonds is 3. The van der Waals surface area contributed by atoms with Crippen LogP contribution in [0.15, 0.2) is 42.5 Å². The molecule has 0 N–H and O–H groups in total. The first-order valence-electron chi connectivity index (χ1n) is 5.71. The maximum atomic E-state index is 13.8. The number of hydrogen-bond acceptors (Lipinski definition) is 0. The van der Waals surface area contributed by atoms with Crippen LogP contribution in [0.4, 0.5) is 8.78 Å². The van der Waals surface area contributed by atoms with Crippen molar-refractivity contribution < 1.29 is 8.78 Å². The van der Waals surface area contributed by atoms with Crippen molar-refractivity contribution in [1.82, 2.24) is 0 Å². The van der Waals surface area contributed by atoms with Crippen LogP contribution in [0.5, 0.6) is 0 Å². The van der Waals surface area contributed by atoms with Crippen molar-refractivity contribution in [3.05, 3.63) is 70.8 Å². The Morgan fingerprint density at radius 2 is 1.72 bits per heavy atom. The van der Waals surface area contributed by atoms with Gasteiger partial charge in [-0.25, -0.2) is 8.78 Å². The SMILES string of the molecule is Cc1ccc(C(Br)Cc2ccc(F)cc2)c(F)c1. The van der Waals surface area contributed by atoms with Gasteiger partial charge in [0.25, 0.3) is 0 Å². The van der Waals surface area contributed by atoms with Crippen LogP contribution in [0.3, 0.4) is 0 Å². The average Bonchev–Trinajstić information content (AvgIpc) is 2.32. The molecular weight excluding hydrogens is 298 g/mol. The largest absolute Gasteiger partial charge is 0.207 e. The summed E-state index contributed by atoms with van der Waals surface area (Å²) in [6.45, 7) is 1.86. The van der Waals surface area contributed by atoms with Gasteiger partial charge in [0.1, 0.15) is 11.6 Å². The Morgan fingerprint density at radius 3 is 2.33 bits per heavy atom. The molecule has 2 aromatic carbocycles. The standard InChI is InChI=1S/C15H13BrF2/c1-10-2-7-13(15(18)8-10)14(16)9-11-3-5-12(17)6-4-11/h2-8,14H,9H2,1H3. The molecule has 3 heteroatoms. The quantitative estimate of drug-likeness (QED) is 0.703. The first-order chi connectivity index (χ1) is 8.56. The van der Waals surface area contributed by atoms with E-state index in [1.807, 2.05) is 13.0 Å². The highest BCUT2D eigenvalue weighted by molar-refractivity contribution is 9.09. The molecule has 2 aromatic rings. The third kappa shape index (κ3) is 3.16. The van der Waals surface area contributed by atoms with E-state index in [0.29, 0.717) is 12.0 Å². The highest BCUT2D eigenvalue weighted by Crippen LogP contribution is 2.29. The zero-order valence-electron chi connectivity index (χ0n) is 9.96. The summed E-state index contributed by atoms with van der Waals surface area (Å²) >= 11 is 3.48. The predicted molar refractivity (Wildman–Crippen MR) is 72.9 cm³/mol. The molecule has 0 amide bonds. The minimum Gasteiger partial charge on any atom is -0.207 e. The molecule has 0 aliphatic heterocycles. The second-order valence-corrected chi connectivity index (χ2v) is 5.43. The molecule has 18 heavy (non-hydrogen) atoms. The smallest absolute Gasteiger partial charge is 0.127 e. The molecular formula is C15H13BrF2. The number of benzene rings is 2. The summed E-state index contributed by atoms with van der Waals surface area (Å²) in [6.07, 6.45) is 0.625. The summed E-state index contributed by atoms with van der Waals surface area (Å²) in [7, 11) is 0. The van der Waals surface area contributed by atoms with Gasteiger partial charge in [0.15, 0.2) is 0 Å². The fourth-order valence-electron chi connectivity index (χ4n) is 1.82. The van der Waals surface area contributed by atoms with E-state index in [1.54, 1.807) is 18.2 Å². The summed E-state index contributed by atoms with van der Waals surface area (Å²) in [4.78, 5) is -0.108. The van der Waals surface area contributed by atoms with E-state index in [1.165, 1.54) is 18.2 Å². The lowest BCUT2D eigenvalue weighted by atomic mass is 10.0. The molecule has 0 saturated carbocycles. The maximum Gasteiger partial charge on any atom is 0.127 e. The normalized spacial score (nSPS) is 12.4. The van der Waals surface area contributed by atoms with Gasteiger partial charge in [0.2, 0.25) is 0 Å².